The van der Waals surface area contributed by atoms with Crippen molar-refractivity contribution in [3.63, 3.8) is 0 Å². The minimum absolute atomic E-state index is 0.0910. The van der Waals surface area contributed by atoms with E-state index in [9.17, 15) is 14.0 Å². The van der Waals surface area contributed by atoms with Gasteiger partial charge in [0, 0.05) is 18.8 Å². The number of amides is 2. The van der Waals surface area contributed by atoms with Gasteiger partial charge in [-0.25, -0.2) is 9.38 Å². The highest BCUT2D eigenvalue weighted by atomic mass is 32.2. The van der Waals surface area contributed by atoms with Crippen LogP contribution in [-0.4, -0.2) is 40.1 Å². The molecule has 1 saturated heterocycles. The second-order valence-corrected chi connectivity index (χ2v) is 10.7. The zero-order valence-corrected chi connectivity index (χ0v) is 17.9. The molecule has 1 aromatic carbocycles. The lowest BCUT2D eigenvalue weighted by Crippen LogP contribution is -2.56. The molecule has 5 nitrogen and oxygen atoms in total. The van der Waals surface area contributed by atoms with E-state index in [4.69, 9.17) is 5.73 Å². The number of nitrogens with two attached hydrogens (primary N) is 1. The van der Waals surface area contributed by atoms with Crippen molar-refractivity contribution < 1.29 is 14.0 Å². The molecule has 5 fully saturated rings. The third-order valence-corrected chi connectivity index (χ3v) is 8.81. The van der Waals surface area contributed by atoms with Gasteiger partial charge in [0.2, 0.25) is 5.91 Å². The topological polar surface area (TPSA) is 75.8 Å². The largest absolute Gasteiger partial charge is 0.369 e. The van der Waals surface area contributed by atoms with Crippen molar-refractivity contribution in [1.82, 2.24) is 4.90 Å². The fourth-order valence-corrected chi connectivity index (χ4v) is 7.48. The summed E-state index contributed by atoms with van der Waals surface area (Å²) < 4.78 is 13.6. The van der Waals surface area contributed by atoms with Crippen LogP contribution in [0.3, 0.4) is 0 Å². The first-order chi connectivity index (χ1) is 14.4. The number of hydrogen-bond acceptors (Lipinski definition) is 4. The second-order valence-electron chi connectivity index (χ2n) is 9.54. The van der Waals surface area contributed by atoms with Crippen molar-refractivity contribution >= 4 is 29.3 Å². The van der Waals surface area contributed by atoms with Crippen LogP contribution in [0.15, 0.2) is 29.3 Å². The van der Waals surface area contributed by atoms with Crippen molar-refractivity contribution in [3.05, 3.63) is 35.6 Å². The number of nitrogens with zero attached hydrogens (tertiary/aromatic N) is 2. The average Bonchev–Trinajstić information content (AvgIpc) is 2.70. The summed E-state index contributed by atoms with van der Waals surface area (Å²) in [5.41, 5.74) is 7.30. The zero-order valence-electron chi connectivity index (χ0n) is 17.1. The van der Waals surface area contributed by atoms with Crippen molar-refractivity contribution in [2.75, 3.05) is 12.3 Å². The highest BCUT2D eigenvalue weighted by Crippen LogP contribution is 2.58. The minimum atomic E-state index is -0.373. The molecule has 160 valence electrons. The maximum atomic E-state index is 13.6. The summed E-state index contributed by atoms with van der Waals surface area (Å²) in [6.45, 7) is 1.36. The van der Waals surface area contributed by atoms with Gasteiger partial charge in [-0.05, 0) is 79.7 Å². The fraction of sp³-hybridized carbons (Fsp3) is 0.609. The van der Waals surface area contributed by atoms with Crippen molar-refractivity contribution in [2.45, 2.75) is 50.4 Å². The Balaban J connectivity index is 1.35. The number of aliphatic imine (C=N–C) groups is 1. The summed E-state index contributed by atoms with van der Waals surface area (Å²) in [6, 6.07) is 6.58. The molecule has 2 N–H and O–H groups in total. The van der Waals surface area contributed by atoms with Crippen molar-refractivity contribution in [1.29, 1.82) is 0 Å². The molecule has 4 saturated carbocycles. The van der Waals surface area contributed by atoms with E-state index >= 15 is 0 Å². The number of rotatable bonds is 4. The van der Waals surface area contributed by atoms with Gasteiger partial charge in [-0.1, -0.05) is 12.1 Å². The Labute approximate surface area is 180 Å². The molecule has 30 heavy (non-hydrogen) atoms. The van der Waals surface area contributed by atoms with Gasteiger partial charge in [-0.15, -0.1) is 11.8 Å². The van der Waals surface area contributed by atoms with E-state index in [1.807, 2.05) is 6.07 Å². The van der Waals surface area contributed by atoms with Crippen LogP contribution in [0.4, 0.5) is 4.39 Å². The first-order valence-corrected chi connectivity index (χ1v) is 12.0. The number of benzene rings is 1. The van der Waals surface area contributed by atoms with E-state index in [2.05, 4.69) is 9.89 Å². The van der Waals surface area contributed by atoms with Crippen LogP contribution in [0.2, 0.25) is 0 Å². The van der Waals surface area contributed by atoms with Gasteiger partial charge in [0.1, 0.15) is 11.2 Å². The lowest BCUT2D eigenvalue weighted by atomic mass is 9.48. The summed E-state index contributed by atoms with van der Waals surface area (Å²) >= 11 is 1.63. The highest BCUT2D eigenvalue weighted by molar-refractivity contribution is 8.00. The van der Waals surface area contributed by atoms with E-state index in [0.717, 1.165) is 62.1 Å². The minimum Gasteiger partial charge on any atom is -0.369 e. The number of hydrogen-bond donors (Lipinski definition) is 1. The van der Waals surface area contributed by atoms with Crippen LogP contribution in [0.5, 0.6) is 0 Å². The van der Waals surface area contributed by atoms with Gasteiger partial charge in [0.25, 0.3) is 5.91 Å². The van der Waals surface area contributed by atoms with Crippen LogP contribution >= 0.6 is 11.8 Å². The standard InChI is InChI=1S/C23H28FN3O2S/c24-18-4-1-3-14(9-18)13-27-5-2-6-30-21(27)20(28)26-19-16-7-15-8-17(19)12-23(10-15,11-16)22(25)29/h1,3-4,9,15-17,21H,2,5-8,10-13H2,(H2,25,29). The molecule has 5 aliphatic rings. The molecule has 6 rings (SSSR count). The molecule has 1 aliphatic heterocycles. The molecular weight excluding hydrogens is 401 g/mol. The van der Waals surface area contributed by atoms with Crippen LogP contribution in [-0.2, 0) is 16.1 Å². The van der Waals surface area contributed by atoms with Crippen LogP contribution in [0, 0.1) is 29.0 Å². The lowest BCUT2D eigenvalue weighted by Gasteiger charge is -2.55. The smallest absolute Gasteiger partial charge is 0.273 e. The molecular formula is C23H28FN3O2S. The summed E-state index contributed by atoms with van der Waals surface area (Å²) in [6.07, 6.45) is 5.49. The molecule has 4 aliphatic carbocycles. The van der Waals surface area contributed by atoms with Crippen molar-refractivity contribution in [2.24, 2.45) is 33.9 Å². The SMILES string of the molecule is NC(=O)C12CC3CC(C1)C(=NC(=O)C1SCCCN1Cc1cccc(F)c1)C(C3)C2. The monoisotopic (exact) mass is 429 g/mol. The third kappa shape index (κ3) is 3.60. The van der Waals surface area contributed by atoms with Gasteiger partial charge in [-0.2, -0.15) is 0 Å². The van der Waals surface area contributed by atoms with Crippen molar-refractivity contribution in [3.8, 4) is 0 Å². The summed E-state index contributed by atoms with van der Waals surface area (Å²) in [4.78, 5) is 32.2. The second kappa shape index (κ2) is 7.75. The zero-order chi connectivity index (χ0) is 20.9. The Morgan fingerprint density at radius 2 is 2.00 bits per heavy atom. The van der Waals surface area contributed by atoms with E-state index in [0.29, 0.717) is 12.5 Å². The predicted molar refractivity (Wildman–Crippen MR) is 115 cm³/mol. The van der Waals surface area contributed by atoms with E-state index in [-0.39, 0.29) is 40.3 Å². The Morgan fingerprint density at radius 1 is 1.23 bits per heavy atom. The summed E-state index contributed by atoms with van der Waals surface area (Å²) in [5, 5.41) is -0.322. The lowest BCUT2D eigenvalue weighted by molar-refractivity contribution is -0.136. The van der Waals surface area contributed by atoms with Gasteiger partial charge < -0.3 is 5.73 Å². The van der Waals surface area contributed by atoms with Gasteiger partial charge in [-0.3, -0.25) is 14.5 Å². The van der Waals surface area contributed by atoms with Crippen LogP contribution in [0.1, 0.15) is 44.1 Å². The number of halogens is 1. The molecule has 0 spiro atoms. The molecule has 1 aromatic rings. The maximum absolute atomic E-state index is 13.6. The number of carbonyl (C=O) groups excluding carboxylic acids is 2. The number of primary amides is 1. The Bertz CT molecular complexity index is 886. The Hall–Kier alpha value is -1.73. The highest BCUT2D eigenvalue weighted by Gasteiger charge is 2.56. The van der Waals surface area contributed by atoms with E-state index in [1.165, 1.54) is 12.1 Å². The van der Waals surface area contributed by atoms with Gasteiger partial charge >= 0.3 is 0 Å². The quantitative estimate of drug-likeness (QED) is 0.796. The Kier molecular flexibility index (Phi) is 5.22. The van der Waals surface area contributed by atoms with E-state index < -0.39 is 0 Å². The summed E-state index contributed by atoms with van der Waals surface area (Å²) in [5.74, 6) is 1.40. The average molecular weight is 430 g/mol. The summed E-state index contributed by atoms with van der Waals surface area (Å²) in [7, 11) is 0. The van der Waals surface area contributed by atoms with E-state index in [1.54, 1.807) is 17.8 Å². The number of thioether (sulfide) groups is 1. The molecule has 1 heterocycles. The fourth-order valence-electron chi connectivity index (χ4n) is 6.38. The molecule has 0 aromatic heterocycles. The van der Waals surface area contributed by atoms with Crippen LogP contribution in [0.25, 0.3) is 0 Å². The van der Waals surface area contributed by atoms with Crippen LogP contribution < -0.4 is 5.73 Å². The first-order valence-electron chi connectivity index (χ1n) is 11.0. The molecule has 3 atom stereocenters. The molecule has 4 bridgehead atoms. The molecule has 7 heteroatoms. The maximum Gasteiger partial charge on any atom is 0.273 e. The predicted octanol–water partition coefficient (Wildman–Crippen LogP) is 3.37. The van der Waals surface area contributed by atoms with Gasteiger partial charge in [0.15, 0.2) is 0 Å². The van der Waals surface area contributed by atoms with Gasteiger partial charge in [0.05, 0.1) is 5.41 Å². The number of carbonyl (C=O) groups is 2. The molecule has 2 amide bonds. The first kappa shape index (κ1) is 20.2. The molecule has 3 unspecified atom stereocenters. The molecule has 0 radical (unpaired) electrons. The Morgan fingerprint density at radius 3 is 2.70 bits per heavy atom. The third-order valence-electron chi connectivity index (χ3n) is 7.47. The normalized spacial score (nSPS) is 35.4.